The van der Waals surface area contributed by atoms with Crippen LogP contribution in [-0.4, -0.2) is 41.6 Å². The minimum Gasteiger partial charge on any atom is -0.370 e. The predicted octanol–water partition coefficient (Wildman–Crippen LogP) is 0.548. The van der Waals surface area contributed by atoms with E-state index < -0.39 is 0 Å². The van der Waals surface area contributed by atoms with Crippen molar-refractivity contribution >= 4 is 5.91 Å². The normalized spacial score (nSPS) is 14.5. The van der Waals surface area contributed by atoms with Gasteiger partial charge in [0.05, 0.1) is 6.61 Å². The molecule has 98 valence electrons. The van der Waals surface area contributed by atoms with Crippen LogP contribution >= 0.6 is 0 Å². The first-order chi connectivity index (χ1) is 8.81. The van der Waals surface area contributed by atoms with Crippen LogP contribution in [0.25, 0.3) is 0 Å². The monoisotopic (exact) mass is 249 g/mol. The molecule has 0 aliphatic heterocycles. The third kappa shape index (κ3) is 3.78. The summed E-state index contributed by atoms with van der Waals surface area (Å²) in [4.78, 5) is 17.9. The van der Waals surface area contributed by atoms with Crippen LogP contribution < -0.4 is 5.73 Å². The summed E-state index contributed by atoms with van der Waals surface area (Å²) in [5.74, 6) is 0.0442. The Bertz CT molecular complexity index is 379. The Morgan fingerprint density at radius 2 is 2.17 bits per heavy atom. The van der Waals surface area contributed by atoms with Gasteiger partial charge in [0.2, 0.25) is 5.91 Å². The molecule has 0 bridgehead atoms. The summed E-state index contributed by atoms with van der Waals surface area (Å²) in [6.07, 6.45) is 5.67. The van der Waals surface area contributed by atoms with E-state index in [0.29, 0.717) is 25.7 Å². The SMILES string of the molecule is NCCOCC(=O)N(Cc1ccncc1)C1CC1. The van der Waals surface area contributed by atoms with Crippen molar-refractivity contribution in [2.45, 2.75) is 25.4 Å². The van der Waals surface area contributed by atoms with Gasteiger partial charge < -0.3 is 15.4 Å². The summed E-state index contributed by atoms with van der Waals surface area (Å²) in [7, 11) is 0. The van der Waals surface area contributed by atoms with Gasteiger partial charge in [-0.1, -0.05) is 0 Å². The molecule has 0 saturated heterocycles. The van der Waals surface area contributed by atoms with E-state index in [4.69, 9.17) is 10.5 Å². The van der Waals surface area contributed by atoms with Crippen LogP contribution in [0.15, 0.2) is 24.5 Å². The first-order valence-corrected chi connectivity index (χ1v) is 6.27. The number of aromatic nitrogens is 1. The van der Waals surface area contributed by atoms with Crippen molar-refractivity contribution in [3.05, 3.63) is 30.1 Å². The molecule has 5 nitrogen and oxygen atoms in total. The van der Waals surface area contributed by atoms with Crippen LogP contribution in [0, 0.1) is 0 Å². The van der Waals surface area contributed by atoms with E-state index in [-0.39, 0.29) is 12.5 Å². The number of nitrogens with two attached hydrogens (primary N) is 1. The van der Waals surface area contributed by atoms with E-state index in [1.54, 1.807) is 12.4 Å². The van der Waals surface area contributed by atoms with Gasteiger partial charge in [-0.05, 0) is 30.5 Å². The lowest BCUT2D eigenvalue weighted by Crippen LogP contribution is -2.35. The smallest absolute Gasteiger partial charge is 0.249 e. The largest absolute Gasteiger partial charge is 0.370 e. The molecule has 0 unspecified atom stereocenters. The topological polar surface area (TPSA) is 68.5 Å². The fourth-order valence-electron chi connectivity index (χ4n) is 1.82. The molecular formula is C13H19N3O2. The van der Waals surface area contributed by atoms with Gasteiger partial charge in [0, 0.05) is 31.5 Å². The molecule has 1 aliphatic rings. The first kappa shape index (κ1) is 13.0. The quantitative estimate of drug-likeness (QED) is 0.716. The minimum absolute atomic E-state index is 0.0442. The second-order valence-corrected chi connectivity index (χ2v) is 4.45. The van der Waals surface area contributed by atoms with Crippen molar-refractivity contribution in [2.75, 3.05) is 19.8 Å². The zero-order valence-electron chi connectivity index (χ0n) is 10.4. The third-order valence-electron chi connectivity index (χ3n) is 2.90. The lowest BCUT2D eigenvalue weighted by molar-refractivity contribution is -0.137. The van der Waals surface area contributed by atoms with E-state index in [1.807, 2.05) is 17.0 Å². The molecular weight excluding hydrogens is 230 g/mol. The van der Waals surface area contributed by atoms with Gasteiger partial charge in [0.1, 0.15) is 6.61 Å². The molecule has 2 N–H and O–H groups in total. The summed E-state index contributed by atoms with van der Waals surface area (Å²) in [5, 5.41) is 0. The molecule has 1 aromatic heterocycles. The van der Waals surface area contributed by atoms with Crippen LogP contribution in [0.1, 0.15) is 18.4 Å². The van der Waals surface area contributed by atoms with Gasteiger partial charge in [-0.25, -0.2) is 0 Å². The zero-order chi connectivity index (χ0) is 12.8. The fraction of sp³-hybridized carbons (Fsp3) is 0.538. The highest BCUT2D eigenvalue weighted by Gasteiger charge is 2.32. The Hall–Kier alpha value is -1.46. The second-order valence-electron chi connectivity index (χ2n) is 4.45. The Morgan fingerprint density at radius 1 is 1.44 bits per heavy atom. The van der Waals surface area contributed by atoms with E-state index in [9.17, 15) is 4.79 Å². The Kier molecular flexibility index (Phi) is 4.66. The maximum Gasteiger partial charge on any atom is 0.249 e. The number of nitrogens with zero attached hydrogens (tertiary/aromatic N) is 2. The van der Waals surface area contributed by atoms with Gasteiger partial charge in [0.15, 0.2) is 0 Å². The second kappa shape index (κ2) is 6.47. The molecule has 0 spiro atoms. The minimum atomic E-state index is 0.0442. The molecule has 1 heterocycles. The molecule has 1 amide bonds. The van der Waals surface area contributed by atoms with Gasteiger partial charge in [-0.15, -0.1) is 0 Å². The van der Waals surface area contributed by atoms with Crippen molar-refractivity contribution < 1.29 is 9.53 Å². The predicted molar refractivity (Wildman–Crippen MR) is 67.7 cm³/mol. The molecule has 0 aromatic carbocycles. The Balaban J connectivity index is 1.89. The number of rotatable bonds is 7. The molecule has 1 aromatic rings. The molecule has 1 fully saturated rings. The molecule has 5 heteroatoms. The van der Waals surface area contributed by atoms with Crippen molar-refractivity contribution in [1.29, 1.82) is 0 Å². The van der Waals surface area contributed by atoms with Crippen LogP contribution in [0.2, 0.25) is 0 Å². The van der Waals surface area contributed by atoms with Crippen LogP contribution in [0.3, 0.4) is 0 Å². The standard InChI is InChI=1S/C13H19N3O2/c14-5-8-18-10-13(17)16(12-1-2-12)9-11-3-6-15-7-4-11/h3-4,6-7,12H,1-2,5,8-10,14H2. The van der Waals surface area contributed by atoms with E-state index >= 15 is 0 Å². The maximum atomic E-state index is 12.0. The zero-order valence-corrected chi connectivity index (χ0v) is 10.4. The maximum absolute atomic E-state index is 12.0. The first-order valence-electron chi connectivity index (χ1n) is 6.27. The summed E-state index contributed by atoms with van der Waals surface area (Å²) < 4.78 is 5.21. The number of ether oxygens (including phenoxy) is 1. The highest BCUT2D eigenvalue weighted by Crippen LogP contribution is 2.28. The van der Waals surface area contributed by atoms with E-state index in [2.05, 4.69) is 4.98 Å². The number of amides is 1. The number of pyridine rings is 1. The van der Waals surface area contributed by atoms with Gasteiger partial charge in [-0.3, -0.25) is 9.78 Å². The highest BCUT2D eigenvalue weighted by atomic mass is 16.5. The fourth-order valence-corrected chi connectivity index (χ4v) is 1.82. The molecule has 0 atom stereocenters. The van der Waals surface area contributed by atoms with Crippen molar-refractivity contribution in [3.63, 3.8) is 0 Å². The average molecular weight is 249 g/mol. The van der Waals surface area contributed by atoms with Crippen LogP contribution in [-0.2, 0) is 16.1 Å². The van der Waals surface area contributed by atoms with Crippen LogP contribution in [0.5, 0.6) is 0 Å². The molecule has 0 radical (unpaired) electrons. The van der Waals surface area contributed by atoms with Gasteiger partial charge >= 0.3 is 0 Å². The summed E-state index contributed by atoms with van der Waals surface area (Å²) >= 11 is 0. The van der Waals surface area contributed by atoms with Crippen molar-refractivity contribution in [3.8, 4) is 0 Å². The molecule has 1 aliphatic carbocycles. The average Bonchev–Trinajstić information content (AvgIpc) is 3.21. The number of carbonyl (C=O) groups excluding carboxylic acids is 1. The van der Waals surface area contributed by atoms with E-state index in [1.165, 1.54) is 0 Å². The van der Waals surface area contributed by atoms with Crippen LogP contribution in [0.4, 0.5) is 0 Å². The number of carbonyl (C=O) groups is 1. The highest BCUT2D eigenvalue weighted by molar-refractivity contribution is 5.78. The molecule has 18 heavy (non-hydrogen) atoms. The van der Waals surface area contributed by atoms with Crippen molar-refractivity contribution in [1.82, 2.24) is 9.88 Å². The van der Waals surface area contributed by atoms with E-state index in [0.717, 1.165) is 18.4 Å². The Morgan fingerprint density at radius 3 is 2.78 bits per heavy atom. The number of hydrogen-bond acceptors (Lipinski definition) is 4. The summed E-state index contributed by atoms with van der Waals surface area (Å²) in [6, 6.07) is 4.25. The van der Waals surface area contributed by atoms with Crippen molar-refractivity contribution in [2.24, 2.45) is 5.73 Å². The van der Waals surface area contributed by atoms with Gasteiger partial charge in [-0.2, -0.15) is 0 Å². The third-order valence-corrected chi connectivity index (χ3v) is 2.90. The Labute approximate surface area is 107 Å². The molecule has 1 saturated carbocycles. The van der Waals surface area contributed by atoms with Gasteiger partial charge in [0.25, 0.3) is 0 Å². The lowest BCUT2D eigenvalue weighted by Gasteiger charge is -2.22. The lowest BCUT2D eigenvalue weighted by atomic mass is 10.2. The molecule has 2 rings (SSSR count). The number of hydrogen-bond donors (Lipinski definition) is 1. The summed E-state index contributed by atoms with van der Waals surface area (Å²) in [5.41, 5.74) is 6.43. The summed E-state index contributed by atoms with van der Waals surface area (Å²) in [6.45, 7) is 1.64.